The molecule has 0 saturated carbocycles. The third-order valence-corrected chi connectivity index (χ3v) is 2.23. The van der Waals surface area contributed by atoms with Gasteiger partial charge in [0.1, 0.15) is 5.84 Å². The number of aromatic nitrogens is 2. The van der Waals surface area contributed by atoms with Crippen LogP contribution in [0, 0.1) is 0 Å². The molecule has 0 amide bonds. The Morgan fingerprint density at radius 3 is 2.50 bits per heavy atom. The standard InChI is InChI=1S/C11H12N4.ClH/c1-13-11(12)9-4-2-8(3-5-9)10-6-14-7-15-10;/h2-7H,1H3,(H2,12,13)(H,14,15);1H. The lowest BCUT2D eigenvalue weighted by Crippen LogP contribution is -2.12. The number of aliphatic imine (C=N–C) groups is 1. The van der Waals surface area contributed by atoms with Gasteiger partial charge in [-0.2, -0.15) is 0 Å². The molecule has 1 aromatic carbocycles. The highest BCUT2D eigenvalue weighted by molar-refractivity contribution is 5.97. The molecule has 0 fully saturated rings. The largest absolute Gasteiger partial charge is 0.384 e. The first-order chi connectivity index (χ1) is 7.31. The first-order valence-corrected chi connectivity index (χ1v) is 4.62. The average molecular weight is 237 g/mol. The van der Waals surface area contributed by atoms with Crippen LogP contribution in [-0.2, 0) is 0 Å². The number of H-pyrrole nitrogens is 1. The highest BCUT2D eigenvalue weighted by Gasteiger charge is 2.00. The summed E-state index contributed by atoms with van der Waals surface area (Å²) in [6, 6.07) is 7.86. The highest BCUT2D eigenvalue weighted by Crippen LogP contribution is 2.16. The van der Waals surface area contributed by atoms with Crippen LogP contribution in [0.4, 0.5) is 0 Å². The number of amidine groups is 1. The van der Waals surface area contributed by atoms with Crippen molar-refractivity contribution in [3.8, 4) is 11.3 Å². The zero-order valence-electron chi connectivity index (χ0n) is 8.84. The molecule has 2 aromatic rings. The van der Waals surface area contributed by atoms with Crippen molar-refractivity contribution in [1.82, 2.24) is 9.97 Å². The van der Waals surface area contributed by atoms with Crippen LogP contribution in [0.5, 0.6) is 0 Å². The van der Waals surface area contributed by atoms with E-state index >= 15 is 0 Å². The van der Waals surface area contributed by atoms with Gasteiger partial charge in [-0.25, -0.2) is 4.98 Å². The van der Waals surface area contributed by atoms with Gasteiger partial charge in [0.2, 0.25) is 0 Å². The molecule has 3 N–H and O–H groups in total. The maximum absolute atomic E-state index is 5.69. The van der Waals surface area contributed by atoms with Crippen LogP contribution in [0.1, 0.15) is 5.56 Å². The molecular formula is C11H13ClN4. The van der Waals surface area contributed by atoms with Crippen molar-refractivity contribution in [2.45, 2.75) is 0 Å². The van der Waals surface area contributed by atoms with Gasteiger partial charge in [0, 0.05) is 12.6 Å². The Kier molecular flexibility index (Phi) is 4.08. The van der Waals surface area contributed by atoms with Crippen molar-refractivity contribution < 1.29 is 0 Å². The maximum atomic E-state index is 5.69. The number of benzene rings is 1. The fourth-order valence-electron chi connectivity index (χ4n) is 1.36. The van der Waals surface area contributed by atoms with Gasteiger partial charge in [-0.05, 0) is 5.56 Å². The predicted molar refractivity (Wildman–Crippen MR) is 67.9 cm³/mol. The van der Waals surface area contributed by atoms with Crippen LogP contribution in [0.15, 0.2) is 41.8 Å². The molecule has 0 unspecified atom stereocenters. The van der Waals surface area contributed by atoms with Gasteiger partial charge in [-0.1, -0.05) is 24.3 Å². The second-order valence-electron chi connectivity index (χ2n) is 3.15. The zero-order valence-corrected chi connectivity index (χ0v) is 9.66. The molecule has 2 rings (SSSR count). The Morgan fingerprint density at radius 2 is 2.00 bits per heavy atom. The lowest BCUT2D eigenvalue weighted by Gasteiger charge is -2.01. The van der Waals surface area contributed by atoms with Crippen LogP contribution in [0.3, 0.4) is 0 Å². The van der Waals surface area contributed by atoms with Crippen molar-refractivity contribution in [2.24, 2.45) is 10.7 Å². The van der Waals surface area contributed by atoms with Crippen LogP contribution < -0.4 is 5.73 Å². The summed E-state index contributed by atoms with van der Waals surface area (Å²) in [5.74, 6) is 0.547. The molecule has 1 aromatic heterocycles. The fourth-order valence-corrected chi connectivity index (χ4v) is 1.36. The van der Waals surface area contributed by atoms with E-state index in [1.807, 2.05) is 24.3 Å². The van der Waals surface area contributed by atoms with E-state index in [-0.39, 0.29) is 12.4 Å². The number of nitrogens with zero attached hydrogens (tertiary/aromatic N) is 2. The van der Waals surface area contributed by atoms with Crippen molar-refractivity contribution in [2.75, 3.05) is 7.05 Å². The third kappa shape index (κ3) is 2.41. The molecule has 1 heterocycles. The van der Waals surface area contributed by atoms with E-state index in [1.54, 1.807) is 19.6 Å². The van der Waals surface area contributed by atoms with Gasteiger partial charge < -0.3 is 10.7 Å². The molecule has 4 nitrogen and oxygen atoms in total. The number of nitrogens with one attached hydrogen (secondary N) is 1. The number of hydrogen-bond acceptors (Lipinski definition) is 2. The van der Waals surface area contributed by atoms with E-state index in [0.717, 1.165) is 16.8 Å². The normalized spacial score (nSPS) is 10.9. The molecule has 0 atom stereocenters. The molecule has 0 radical (unpaired) electrons. The van der Waals surface area contributed by atoms with E-state index in [1.165, 1.54) is 0 Å². The summed E-state index contributed by atoms with van der Waals surface area (Å²) in [6.07, 6.45) is 3.44. The number of nitrogens with two attached hydrogens (primary N) is 1. The molecule has 0 bridgehead atoms. The molecule has 0 aliphatic rings. The summed E-state index contributed by atoms with van der Waals surface area (Å²) < 4.78 is 0. The first-order valence-electron chi connectivity index (χ1n) is 4.62. The minimum Gasteiger partial charge on any atom is -0.384 e. The highest BCUT2D eigenvalue weighted by atomic mass is 35.5. The molecule has 16 heavy (non-hydrogen) atoms. The second kappa shape index (κ2) is 5.32. The van der Waals surface area contributed by atoms with E-state index in [2.05, 4.69) is 15.0 Å². The Labute approximate surface area is 100 Å². The Balaban J connectivity index is 0.00000128. The molecule has 5 heteroatoms. The SMILES string of the molecule is CN=C(N)c1ccc(-c2cnc[nH]2)cc1.Cl. The first kappa shape index (κ1) is 12.3. The van der Waals surface area contributed by atoms with Gasteiger partial charge in [0.05, 0.1) is 18.2 Å². The number of aromatic amines is 1. The molecule has 0 saturated heterocycles. The van der Waals surface area contributed by atoms with Gasteiger partial charge in [-0.3, -0.25) is 4.99 Å². The topological polar surface area (TPSA) is 67.1 Å². The van der Waals surface area contributed by atoms with Crippen LogP contribution in [-0.4, -0.2) is 22.9 Å². The minimum absolute atomic E-state index is 0. The summed E-state index contributed by atoms with van der Waals surface area (Å²) >= 11 is 0. The minimum atomic E-state index is 0. The number of halogens is 1. The van der Waals surface area contributed by atoms with Crippen molar-refractivity contribution in [1.29, 1.82) is 0 Å². The zero-order chi connectivity index (χ0) is 10.7. The third-order valence-electron chi connectivity index (χ3n) is 2.23. The molecule has 84 valence electrons. The van der Waals surface area contributed by atoms with Crippen LogP contribution >= 0.6 is 12.4 Å². The lowest BCUT2D eigenvalue weighted by atomic mass is 10.1. The van der Waals surface area contributed by atoms with E-state index in [9.17, 15) is 0 Å². The van der Waals surface area contributed by atoms with Crippen molar-refractivity contribution in [3.63, 3.8) is 0 Å². The number of rotatable bonds is 2. The lowest BCUT2D eigenvalue weighted by molar-refractivity contribution is 1.31. The van der Waals surface area contributed by atoms with Gasteiger partial charge in [-0.15, -0.1) is 12.4 Å². The number of imidazole rings is 1. The van der Waals surface area contributed by atoms with Gasteiger partial charge in [0.25, 0.3) is 0 Å². The maximum Gasteiger partial charge on any atom is 0.125 e. The summed E-state index contributed by atoms with van der Waals surface area (Å²) in [5, 5.41) is 0. The predicted octanol–water partition coefficient (Wildman–Crippen LogP) is 1.83. The molecule has 0 spiro atoms. The Hall–Kier alpha value is -1.81. The van der Waals surface area contributed by atoms with E-state index in [0.29, 0.717) is 5.84 Å². The fraction of sp³-hybridized carbons (Fsp3) is 0.0909. The van der Waals surface area contributed by atoms with Gasteiger partial charge >= 0.3 is 0 Å². The van der Waals surface area contributed by atoms with Crippen LogP contribution in [0.25, 0.3) is 11.3 Å². The molecular weight excluding hydrogens is 224 g/mol. The summed E-state index contributed by atoms with van der Waals surface area (Å²) in [6.45, 7) is 0. The number of hydrogen-bond donors (Lipinski definition) is 2. The Morgan fingerprint density at radius 1 is 1.31 bits per heavy atom. The summed E-state index contributed by atoms with van der Waals surface area (Å²) in [4.78, 5) is 10.9. The Bertz CT molecular complexity index is 459. The summed E-state index contributed by atoms with van der Waals surface area (Å²) in [5.41, 5.74) is 8.70. The second-order valence-corrected chi connectivity index (χ2v) is 3.15. The quantitative estimate of drug-likeness (QED) is 0.617. The van der Waals surface area contributed by atoms with E-state index in [4.69, 9.17) is 5.73 Å². The van der Waals surface area contributed by atoms with Crippen molar-refractivity contribution >= 4 is 18.2 Å². The monoisotopic (exact) mass is 236 g/mol. The van der Waals surface area contributed by atoms with Crippen LogP contribution in [0.2, 0.25) is 0 Å². The average Bonchev–Trinajstić information content (AvgIpc) is 2.82. The van der Waals surface area contributed by atoms with Gasteiger partial charge in [0.15, 0.2) is 0 Å². The smallest absolute Gasteiger partial charge is 0.125 e. The van der Waals surface area contributed by atoms with Crippen molar-refractivity contribution in [3.05, 3.63) is 42.4 Å². The molecule has 0 aliphatic heterocycles. The summed E-state index contributed by atoms with van der Waals surface area (Å²) in [7, 11) is 1.68. The molecule has 0 aliphatic carbocycles. The van der Waals surface area contributed by atoms with E-state index < -0.39 is 0 Å².